The van der Waals surface area contributed by atoms with Crippen molar-refractivity contribution >= 4 is 22.8 Å². The summed E-state index contributed by atoms with van der Waals surface area (Å²) in [6.07, 6.45) is 0. The molecule has 1 aliphatic rings. The third kappa shape index (κ3) is 2.73. The van der Waals surface area contributed by atoms with E-state index in [-0.39, 0.29) is 0 Å². The van der Waals surface area contributed by atoms with Gasteiger partial charge in [0.25, 0.3) is 0 Å². The zero-order chi connectivity index (χ0) is 9.97. The zero-order valence-electron chi connectivity index (χ0n) is 7.38. The fourth-order valence-electron chi connectivity index (χ4n) is 1.01. The third-order valence-electron chi connectivity index (χ3n) is 1.86. The van der Waals surface area contributed by atoms with Crippen LogP contribution >= 0.6 is 11.8 Å². The maximum atomic E-state index is 10.7. The third-order valence-corrected chi connectivity index (χ3v) is 3.48. The first-order valence-corrected chi connectivity index (χ1v) is 6.36. The van der Waals surface area contributed by atoms with Gasteiger partial charge < -0.3 is 9.29 Å². The smallest absolute Gasteiger partial charge is 0.186 e. The topological polar surface area (TPSA) is 46.5 Å². The monoisotopic (exact) mass is 230 g/mol. The molecule has 1 aliphatic heterocycles. The second kappa shape index (κ2) is 4.33. The standard InChI is InChI=1S/C9H10O3S2/c10-14(11)9-3-1-7(2-4-9)12-5-8-6-13-8/h1-4,8H,5-6H2,(H,10,11). The lowest BCUT2D eigenvalue weighted by Crippen LogP contribution is -2.02. The molecule has 1 aromatic rings. The predicted molar refractivity (Wildman–Crippen MR) is 57.2 cm³/mol. The summed E-state index contributed by atoms with van der Waals surface area (Å²) >= 11 is -0.0153. The SMILES string of the molecule is O=S(O)c1ccc(OCC2CS2)cc1. The molecule has 1 heterocycles. The molecule has 2 atom stereocenters. The van der Waals surface area contributed by atoms with E-state index in [0.29, 0.717) is 10.1 Å². The summed E-state index contributed by atoms with van der Waals surface area (Å²) in [5.41, 5.74) is 0. The number of benzene rings is 1. The van der Waals surface area contributed by atoms with E-state index >= 15 is 0 Å². The quantitative estimate of drug-likeness (QED) is 0.632. The average Bonchev–Trinajstić information content (AvgIpc) is 2.99. The fourth-order valence-corrected chi connectivity index (χ4v) is 1.77. The largest absolute Gasteiger partial charge is 0.492 e. The van der Waals surface area contributed by atoms with Crippen molar-refractivity contribution in [2.24, 2.45) is 0 Å². The molecule has 0 aliphatic carbocycles. The molecule has 0 amide bonds. The molecule has 1 N–H and O–H groups in total. The van der Waals surface area contributed by atoms with Gasteiger partial charge in [0.15, 0.2) is 11.1 Å². The van der Waals surface area contributed by atoms with Gasteiger partial charge in [-0.05, 0) is 24.3 Å². The van der Waals surface area contributed by atoms with Crippen LogP contribution in [0.3, 0.4) is 0 Å². The van der Waals surface area contributed by atoms with Gasteiger partial charge in [-0.2, -0.15) is 11.8 Å². The van der Waals surface area contributed by atoms with Gasteiger partial charge in [-0.25, -0.2) is 4.21 Å². The first-order chi connectivity index (χ1) is 6.75. The van der Waals surface area contributed by atoms with Crippen molar-refractivity contribution in [3.05, 3.63) is 24.3 Å². The molecule has 76 valence electrons. The van der Waals surface area contributed by atoms with Crippen LogP contribution in [0.5, 0.6) is 5.75 Å². The van der Waals surface area contributed by atoms with E-state index in [1.54, 1.807) is 24.3 Å². The Morgan fingerprint density at radius 3 is 2.64 bits per heavy atom. The van der Waals surface area contributed by atoms with E-state index in [1.807, 2.05) is 11.8 Å². The highest BCUT2D eigenvalue weighted by atomic mass is 32.2. The summed E-state index contributed by atoms with van der Waals surface area (Å²) in [5.74, 6) is 1.94. The average molecular weight is 230 g/mol. The van der Waals surface area contributed by atoms with Crippen molar-refractivity contribution in [3.63, 3.8) is 0 Å². The van der Waals surface area contributed by atoms with E-state index in [2.05, 4.69) is 0 Å². The second-order valence-electron chi connectivity index (χ2n) is 2.99. The number of hydrogen-bond acceptors (Lipinski definition) is 3. The van der Waals surface area contributed by atoms with Crippen LogP contribution in [0.25, 0.3) is 0 Å². The maximum Gasteiger partial charge on any atom is 0.186 e. The molecular formula is C9H10O3S2. The van der Waals surface area contributed by atoms with Crippen LogP contribution in [-0.4, -0.2) is 26.4 Å². The van der Waals surface area contributed by atoms with Crippen LogP contribution in [-0.2, 0) is 11.1 Å². The normalized spacial score (nSPS) is 21.6. The molecule has 1 fully saturated rings. The van der Waals surface area contributed by atoms with Crippen molar-refractivity contribution < 1.29 is 13.5 Å². The molecule has 0 spiro atoms. The minimum absolute atomic E-state index is 0.401. The van der Waals surface area contributed by atoms with Crippen LogP contribution < -0.4 is 4.74 Å². The Kier molecular flexibility index (Phi) is 3.10. The Bertz CT molecular complexity index is 332. The van der Waals surface area contributed by atoms with Gasteiger partial charge in [0.2, 0.25) is 0 Å². The van der Waals surface area contributed by atoms with Crippen molar-refractivity contribution in [1.29, 1.82) is 0 Å². The van der Waals surface area contributed by atoms with Gasteiger partial charge in [0, 0.05) is 11.0 Å². The molecule has 5 heteroatoms. The molecular weight excluding hydrogens is 220 g/mol. The molecule has 0 radical (unpaired) electrons. The summed E-state index contributed by atoms with van der Waals surface area (Å²) in [5, 5.41) is 0.640. The minimum atomic E-state index is -1.90. The van der Waals surface area contributed by atoms with Crippen LogP contribution in [0, 0.1) is 0 Å². The Morgan fingerprint density at radius 2 is 2.14 bits per heavy atom. The van der Waals surface area contributed by atoms with Crippen molar-refractivity contribution in [2.45, 2.75) is 10.1 Å². The van der Waals surface area contributed by atoms with Crippen LogP contribution in [0.15, 0.2) is 29.2 Å². The van der Waals surface area contributed by atoms with Crippen LogP contribution in [0.1, 0.15) is 0 Å². The van der Waals surface area contributed by atoms with E-state index in [1.165, 1.54) is 5.75 Å². The maximum absolute atomic E-state index is 10.7. The molecule has 2 rings (SSSR count). The van der Waals surface area contributed by atoms with E-state index in [0.717, 1.165) is 12.4 Å². The van der Waals surface area contributed by atoms with Gasteiger partial charge in [-0.3, -0.25) is 0 Å². The van der Waals surface area contributed by atoms with Crippen molar-refractivity contribution in [1.82, 2.24) is 0 Å². The first kappa shape index (κ1) is 10.0. The van der Waals surface area contributed by atoms with Gasteiger partial charge in [0.05, 0.1) is 4.90 Å². The molecule has 0 saturated carbocycles. The molecule has 1 aromatic carbocycles. The van der Waals surface area contributed by atoms with Gasteiger partial charge >= 0.3 is 0 Å². The van der Waals surface area contributed by atoms with E-state index in [9.17, 15) is 4.21 Å². The minimum Gasteiger partial charge on any atom is -0.492 e. The number of hydrogen-bond donors (Lipinski definition) is 1. The summed E-state index contributed by atoms with van der Waals surface area (Å²) in [6, 6.07) is 6.64. The summed E-state index contributed by atoms with van der Waals surface area (Å²) in [6.45, 7) is 0.728. The lowest BCUT2D eigenvalue weighted by atomic mass is 10.3. The highest BCUT2D eigenvalue weighted by molar-refractivity contribution is 8.06. The second-order valence-corrected chi connectivity index (χ2v) is 5.29. The number of ether oxygens (including phenoxy) is 1. The Morgan fingerprint density at radius 1 is 1.50 bits per heavy atom. The van der Waals surface area contributed by atoms with Crippen LogP contribution in [0.4, 0.5) is 0 Å². The van der Waals surface area contributed by atoms with E-state index < -0.39 is 11.1 Å². The molecule has 2 unspecified atom stereocenters. The Hall–Kier alpha value is -0.520. The highest BCUT2D eigenvalue weighted by Gasteiger charge is 2.22. The Balaban J connectivity index is 1.94. The number of thioether (sulfide) groups is 1. The van der Waals surface area contributed by atoms with Crippen molar-refractivity contribution in [2.75, 3.05) is 12.4 Å². The molecule has 1 saturated heterocycles. The van der Waals surface area contributed by atoms with Gasteiger partial charge in [-0.15, -0.1) is 0 Å². The summed E-state index contributed by atoms with van der Waals surface area (Å²) < 4.78 is 24.9. The summed E-state index contributed by atoms with van der Waals surface area (Å²) in [4.78, 5) is 0.401. The zero-order valence-corrected chi connectivity index (χ0v) is 9.01. The van der Waals surface area contributed by atoms with Crippen molar-refractivity contribution in [3.8, 4) is 5.75 Å². The lowest BCUT2D eigenvalue weighted by Gasteiger charge is -2.04. The van der Waals surface area contributed by atoms with Crippen LogP contribution in [0.2, 0.25) is 0 Å². The first-order valence-electron chi connectivity index (χ1n) is 4.21. The molecule has 3 nitrogen and oxygen atoms in total. The predicted octanol–water partition coefficient (Wildman–Crippen LogP) is 1.76. The highest BCUT2D eigenvalue weighted by Crippen LogP contribution is 2.30. The molecule has 14 heavy (non-hydrogen) atoms. The molecule has 0 aromatic heterocycles. The van der Waals surface area contributed by atoms with Gasteiger partial charge in [-0.1, -0.05) is 0 Å². The fraction of sp³-hybridized carbons (Fsp3) is 0.333. The Labute approximate surface area is 89.1 Å². The van der Waals surface area contributed by atoms with Gasteiger partial charge in [0.1, 0.15) is 12.4 Å². The van der Waals surface area contributed by atoms with E-state index in [4.69, 9.17) is 9.29 Å². The summed E-state index contributed by atoms with van der Waals surface area (Å²) in [7, 11) is 0. The molecule has 0 bridgehead atoms. The lowest BCUT2D eigenvalue weighted by molar-refractivity contribution is 0.329. The number of rotatable bonds is 4.